The SMILES string of the molecule is O=C(CN(C[C@H]1CCCO1)C(=O)c1cccs1)Nc1nc(-c2ccccc2)cn1-c1ccccc1. The van der Waals surface area contributed by atoms with Crippen molar-refractivity contribution in [1.29, 1.82) is 0 Å². The number of benzene rings is 2. The standard InChI is InChI=1S/C27H26N4O3S/c32-25(19-30(17-22-13-7-15-34-22)26(33)24-14-8-16-35-24)29-27-28-23(20-9-3-1-4-10-20)18-31(27)21-11-5-2-6-12-21/h1-6,8-12,14,16,18,22H,7,13,15,17,19H2,(H,28,29,32)/t22-/m1/s1. The smallest absolute Gasteiger partial charge is 0.264 e. The number of amides is 2. The molecular weight excluding hydrogens is 460 g/mol. The number of nitrogens with one attached hydrogen (secondary N) is 1. The Labute approximate surface area is 208 Å². The van der Waals surface area contributed by atoms with Crippen LogP contribution in [0.25, 0.3) is 16.9 Å². The number of nitrogens with zero attached hydrogens (tertiary/aromatic N) is 3. The summed E-state index contributed by atoms with van der Waals surface area (Å²) in [6.45, 7) is 0.986. The zero-order valence-corrected chi connectivity index (χ0v) is 20.0. The molecule has 2 amide bonds. The largest absolute Gasteiger partial charge is 0.376 e. The van der Waals surface area contributed by atoms with E-state index in [4.69, 9.17) is 9.72 Å². The molecule has 7 nitrogen and oxygen atoms in total. The van der Waals surface area contributed by atoms with Crippen molar-refractivity contribution in [2.75, 3.05) is 25.0 Å². The van der Waals surface area contributed by atoms with Crippen LogP contribution in [-0.4, -0.2) is 52.1 Å². The zero-order valence-electron chi connectivity index (χ0n) is 19.2. The monoisotopic (exact) mass is 486 g/mol. The average Bonchev–Trinajstić information content (AvgIpc) is 3.67. The first kappa shape index (κ1) is 23.0. The van der Waals surface area contributed by atoms with E-state index in [1.807, 2.05) is 82.9 Å². The molecule has 0 aliphatic carbocycles. The lowest BCUT2D eigenvalue weighted by Gasteiger charge is -2.24. The molecule has 0 unspecified atom stereocenters. The number of imidazole rings is 1. The van der Waals surface area contributed by atoms with Gasteiger partial charge in [-0.3, -0.25) is 19.5 Å². The van der Waals surface area contributed by atoms with E-state index in [9.17, 15) is 9.59 Å². The Morgan fingerprint density at radius 3 is 2.51 bits per heavy atom. The molecule has 0 radical (unpaired) electrons. The molecule has 2 aromatic carbocycles. The zero-order chi connectivity index (χ0) is 24.0. The molecule has 178 valence electrons. The van der Waals surface area contributed by atoms with Gasteiger partial charge in [-0.1, -0.05) is 54.6 Å². The van der Waals surface area contributed by atoms with E-state index in [0.717, 1.165) is 29.8 Å². The van der Waals surface area contributed by atoms with Gasteiger partial charge in [0.25, 0.3) is 5.91 Å². The van der Waals surface area contributed by atoms with Crippen LogP contribution in [0, 0.1) is 0 Å². The van der Waals surface area contributed by atoms with E-state index in [0.29, 0.717) is 24.0 Å². The third-order valence-electron chi connectivity index (χ3n) is 5.86. The van der Waals surface area contributed by atoms with Crippen LogP contribution in [0.15, 0.2) is 84.4 Å². The molecule has 3 heterocycles. The van der Waals surface area contributed by atoms with E-state index in [2.05, 4.69) is 5.32 Å². The summed E-state index contributed by atoms with van der Waals surface area (Å²) in [7, 11) is 0. The summed E-state index contributed by atoms with van der Waals surface area (Å²) in [6, 6.07) is 23.2. The molecule has 1 aliphatic heterocycles. The third-order valence-corrected chi connectivity index (χ3v) is 6.72. The van der Waals surface area contributed by atoms with Crippen molar-refractivity contribution in [3.63, 3.8) is 0 Å². The second-order valence-electron chi connectivity index (χ2n) is 8.37. The molecule has 1 atom stereocenters. The normalized spacial score (nSPS) is 15.1. The van der Waals surface area contributed by atoms with Gasteiger partial charge in [-0.25, -0.2) is 4.98 Å². The molecule has 0 bridgehead atoms. The molecule has 1 saturated heterocycles. The Morgan fingerprint density at radius 2 is 1.83 bits per heavy atom. The fourth-order valence-electron chi connectivity index (χ4n) is 4.15. The topological polar surface area (TPSA) is 76.5 Å². The number of anilines is 1. The molecule has 0 spiro atoms. The van der Waals surface area contributed by atoms with Crippen LogP contribution in [0.4, 0.5) is 5.95 Å². The maximum absolute atomic E-state index is 13.2. The van der Waals surface area contributed by atoms with Crippen molar-refractivity contribution in [3.05, 3.63) is 89.3 Å². The van der Waals surface area contributed by atoms with Gasteiger partial charge in [0.2, 0.25) is 11.9 Å². The summed E-state index contributed by atoms with van der Waals surface area (Å²) in [4.78, 5) is 33.2. The number of rotatable bonds is 8. The van der Waals surface area contributed by atoms with Crippen LogP contribution in [-0.2, 0) is 9.53 Å². The predicted octanol–water partition coefficient (Wildman–Crippen LogP) is 4.86. The van der Waals surface area contributed by atoms with Gasteiger partial charge in [0.1, 0.15) is 6.54 Å². The highest BCUT2D eigenvalue weighted by molar-refractivity contribution is 7.12. The van der Waals surface area contributed by atoms with Crippen LogP contribution >= 0.6 is 11.3 Å². The van der Waals surface area contributed by atoms with E-state index in [-0.39, 0.29) is 24.5 Å². The Bertz CT molecular complexity index is 1270. The minimum atomic E-state index is -0.310. The molecule has 1 aliphatic rings. The molecule has 5 rings (SSSR count). The Balaban J connectivity index is 1.39. The molecule has 2 aromatic heterocycles. The maximum Gasteiger partial charge on any atom is 0.264 e. The lowest BCUT2D eigenvalue weighted by Crippen LogP contribution is -2.42. The summed E-state index contributed by atoms with van der Waals surface area (Å²) >= 11 is 1.37. The van der Waals surface area contributed by atoms with E-state index < -0.39 is 0 Å². The van der Waals surface area contributed by atoms with Crippen molar-refractivity contribution in [2.45, 2.75) is 18.9 Å². The molecule has 4 aromatic rings. The van der Waals surface area contributed by atoms with E-state index in [1.54, 1.807) is 11.0 Å². The molecule has 1 N–H and O–H groups in total. The minimum Gasteiger partial charge on any atom is -0.376 e. The number of ether oxygens (including phenoxy) is 1. The third kappa shape index (κ3) is 5.50. The summed E-state index contributed by atoms with van der Waals surface area (Å²) in [5.41, 5.74) is 2.57. The van der Waals surface area contributed by atoms with Crippen molar-refractivity contribution < 1.29 is 14.3 Å². The number of carbonyl (C=O) groups is 2. The highest BCUT2D eigenvalue weighted by Gasteiger charge is 2.26. The fourth-order valence-corrected chi connectivity index (χ4v) is 4.84. The first-order valence-electron chi connectivity index (χ1n) is 11.6. The number of aromatic nitrogens is 2. The van der Waals surface area contributed by atoms with Crippen molar-refractivity contribution in [2.24, 2.45) is 0 Å². The number of carbonyl (C=O) groups excluding carboxylic acids is 2. The minimum absolute atomic E-state index is 0.0531. The van der Waals surface area contributed by atoms with Gasteiger partial charge < -0.3 is 9.64 Å². The van der Waals surface area contributed by atoms with E-state index in [1.165, 1.54) is 11.3 Å². The maximum atomic E-state index is 13.2. The Hall–Kier alpha value is -3.75. The quantitative estimate of drug-likeness (QED) is 0.386. The van der Waals surface area contributed by atoms with Gasteiger partial charge in [-0.2, -0.15) is 0 Å². The predicted molar refractivity (Wildman–Crippen MR) is 137 cm³/mol. The summed E-state index contributed by atoms with van der Waals surface area (Å²) < 4.78 is 7.59. The Morgan fingerprint density at radius 1 is 1.06 bits per heavy atom. The number of para-hydroxylation sites is 1. The number of hydrogen-bond donors (Lipinski definition) is 1. The number of hydrogen-bond acceptors (Lipinski definition) is 5. The molecule has 0 saturated carbocycles. The van der Waals surface area contributed by atoms with Gasteiger partial charge in [0, 0.05) is 30.6 Å². The highest BCUT2D eigenvalue weighted by atomic mass is 32.1. The van der Waals surface area contributed by atoms with Gasteiger partial charge in [0.05, 0.1) is 16.7 Å². The highest BCUT2D eigenvalue weighted by Crippen LogP contribution is 2.24. The first-order valence-corrected chi connectivity index (χ1v) is 12.5. The molecular formula is C27H26N4O3S. The van der Waals surface area contributed by atoms with Crippen LogP contribution in [0.1, 0.15) is 22.5 Å². The lowest BCUT2D eigenvalue weighted by molar-refractivity contribution is -0.117. The first-order chi connectivity index (χ1) is 17.2. The molecule has 1 fully saturated rings. The molecule has 35 heavy (non-hydrogen) atoms. The van der Waals surface area contributed by atoms with Gasteiger partial charge in [-0.15, -0.1) is 11.3 Å². The van der Waals surface area contributed by atoms with Crippen LogP contribution in [0.3, 0.4) is 0 Å². The van der Waals surface area contributed by atoms with Gasteiger partial charge in [0.15, 0.2) is 0 Å². The van der Waals surface area contributed by atoms with Gasteiger partial charge >= 0.3 is 0 Å². The summed E-state index contributed by atoms with van der Waals surface area (Å²) in [5.74, 6) is -0.0713. The second-order valence-corrected chi connectivity index (χ2v) is 9.32. The average molecular weight is 487 g/mol. The van der Waals surface area contributed by atoms with Crippen molar-refractivity contribution >= 4 is 29.1 Å². The van der Waals surface area contributed by atoms with Crippen LogP contribution in [0.2, 0.25) is 0 Å². The van der Waals surface area contributed by atoms with Crippen molar-refractivity contribution in [3.8, 4) is 16.9 Å². The second kappa shape index (κ2) is 10.7. The van der Waals surface area contributed by atoms with E-state index >= 15 is 0 Å². The summed E-state index contributed by atoms with van der Waals surface area (Å²) in [5, 5.41) is 4.80. The van der Waals surface area contributed by atoms with Crippen molar-refractivity contribution in [1.82, 2.24) is 14.5 Å². The fraction of sp³-hybridized carbons (Fsp3) is 0.222. The lowest BCUT2D eigenvalue weighted by atomic mass is 10.2. The Kier molecular flexibility index (Phi) is 7.02. The summed E-state index contributed by atoms with van der Waals surface area (Å²) in [6.07, 6.45) is 3.70. The van der Waals surface area contributed by atoms with Gasteiger partial charge in [-0.05, 0) is 36.4 Å². The molecule has 8 heteroatoms. The van der Waals surface area contributed by atoms with Crippen LogP contribution < -0.4 is 5.32 Å². The number of thiophene rings is 1. The van der Waals surface area contributed by atoms with Crippen LogP contribution in [0.5, 0.6) is 0 Å².